The summed E-state index contributed by atoms with van der Waals surface area (Å²) in [6.07, 6.45) is 3.56. The maximum atomic E-state index is 5.75. The second kappa shape index (κ2) is 3.60. The van der Waals surface area contributed by atoms with Crippen LogP contribution < -0.4 is 5.73 Å². The van der Waals surface area contributed by atoms with Gasteiger partial charge in [0.15, 0.2) is 0 Å². The maximum Gasteiger partial charge on any atom is 0.0723 e. The number of thioether (sulfide) groups is 1. The number of rotatable bonds is 3. The molecule has 1 fully saturated rings. The summed E-state index contributed by atoms with van der Waals surface area (Å²) in [5, 5.41) is 0.542. The van der Waals surface area contributed by atoms with Gasteiger partial charge in [-0.05, 0) is 19.6 Å². The zero-order valence-corrected chi connectivity index (χ0v) is 7.36. The lowest BCUT2D eigenvalue weighted by Crippen LogP contribution is -2.54. The third-order valence-electron chi connectivity index (χ3n) is 1.95. The van der Waals surface area contributed by atoms with Gasteiger partial charge in [-0.15, -0.1) is 0 Å². The molecule has 0 bridgehead atoms. The van der Waals surface area contributed by atoms with Gasteiger partial charge in [0.25, 0.3) is 0 Å². The molecule has 1 aliphatic rings. The van der Waals surface area contributed by atoms with E-state index in [0.29, 0.717) is 17.4 Å². The lowest BCUT2D eigenvalue weighted by molar-refractivity contribution is 0.00541. The lowest BCUT2D eigenvalue weighted by atomic mass is 9.89. The Morgan fingerprint density at radius 1 is 1.70 bits per heavy atom. The van der Waals surface area contributed by atoms with Crippen molar-refractivity contribution < 1.29 is 4.74 Å². The van der Waals surface area contributed by atoms with Crippen LogP contribution in [0.4, 0.5) is 0 Å². The molecule has 2 nitrogen and oxygen atoms in total. The Bertz CT molecular complexity index is 108. The number of ether oxygens (including phenoxy) is 1. The van der Waals surface area contributed by atoms with Crippen molar-refractivity contribution in [2.45, 2.75) is 30.7 Å². The quantitative estimate of drug-likeness (QED) is 0.666. The predicted molar refractivity (Wildman–Crippen MR) is 45.3 cm³/mol. The van der Waals surface area contributed by atoms with Crippen LogP contribution in [0.2, 0.25) is 0 Å². The van der Waals surface area contributed by atoms with Crippen molar-refractivity contribution in [3.8, 4) is 0 Å². The fourth-order valence-electron chi connectivity index (χ4n) is 1.32. The van der Waals surface area contributed by atoms with Crippen molar-refractivity contribution in [1.29, 1.82) is 0 Å². The maximum absolute atomic E-state index is 5.75. The molecule has 10 heavy (non-hydrogen) atoms. The van der Waals surface area contributed by atoms with Gasteiger partial charge < -0.3 is 10.5 Å². The van der Waals surface area contributed by atoms with Crippen molar-refractivity contribution in [3.63, 3.8) is 0 Å². The van der Waals surface area contributed by atoms with Gasteiger partial charge in [-0.1, -0.05) is 0 Å². The molecule has 0 spiro atoms. The highest BCUT2D eigenvalue weighted by Crippen LogP contribution is 2.31. The SMILES string of the molecule is CCO[C@@H]1C[C@@H](N)[C@H]1SC. The van der Waals surface area contributed by atoms with Crippen molar-refractivity contribution in [2.24, 2.45) is 5.73 Å². The van der Waals surface area contributed by atoms with E-state index in [1.165, 1.54) is 0 Å². The van der Waals surface area contributed by atoms with Gasteiger partial charge >= 0.3 is 0 Å². The van der Waals surface area contributed by atoms with E-state index in [9.17, 15) is 0 Å². The molecule has 0 saturated heterocycles. The molecule has 0 aromatic rings. The molecule has 0 radical (unpaired) electrons. The molecule has 1 saturated carbocycles. The fourth-order valence-corrected chi connectivity index (χ4v) is 2.27. The van der Waals surface area contributed by atoms with Crippen LogP contribution in [-0.4, -0.2) is 30.3 Å². The van der Waals surface area contributed by atoms with E-state index in [-0.39, 0.29) is 0 Å². The first-order valence-electron chi connectivity index (χ1n) is 3.69. The average Bonchev–Trinajstić information content (AvgIpc) is 1.88. The van der Waals surface area contributed by atoms with Gasteiger partial charge in [0, 0.05) is 17.9 Å². The molecule has 3 heteroatoms. The number of nitrogens with two attached hydrogens (primary N) is 1. The summed E-state index contributed by atoms with van der Waals surface area (Å²) in [5.41, 5.74) is 5.75. The molecule has 0 heterocycles. The largest absolute Gasteiger partial charge is 0.377 e. The molecular weight excluding hydrogens is 146 g/mol. The Hall–Kier alpha value is 0.270. The summed E-state index contributed by atoms with van der Waals surface area (Å²) in [4.78, 5) is 0. The minimum atomic E-state index is 0.367. The Morgan fingerprint density at radius 2 is 2.40 bits per heavy atom. The second-order valence-corrected chi connectivity index (χ2v) is 3.61. The second-order valence-electron chi connectivity index (χ2n) is 2.59. The average molecular weight is 161 g/mol. The van der Waals surface area contributed by atoms with E-state index in [1.807, 2.05) is 18.7 Å². The first kappa shape index (κ1) is 8.37. The van der Waals surface area contributed by atoms with E-state index < -0.39 is 0 Å². The number of hydrogen-bond donors (Lipinski definition) is 1. The van der Waals surface area contributed by atoms with Crippen molar-refractivity contribution in [3.05, 3.63) is 0 Å². The van der Waals surface area contributed by atoms with Crippen LogP contribution >= 0.6 is 11.8 Å². The Labute approximate surface area is 66.5 Å². The van der Waals surface area contributed by atoms with Gasteiger partial charge in [0.05, 0.1) is 6.10 Å². The minimum Gasteiger partial charge on any atom is -0.377 e. The highest BCUT2D eigenvalue weighted by molar-refractivity contribution is 7.99. The first-order chi connectivity index (χ1) is 4.79. The van der Waals surface area contributed by atoms with E-state index in [0.717, 1.165) is 13.0 Å². The minimum absolute atomic E-state index is 0.367. The summed E-state index contributed by atoms with van der Waals surface area (Å²) >= 11 is 1.82. The van der Waals surface area contributed by atoms with Gasteiger partial charge in [-0.25, -0.2) is 0 Å². The van der Waals surface area contributed by atoms with Gasteiger partial charge in [-0.3, -0.25) is 0 Å². The zero-order chi connectivity index (χ0) is 7.56. The van der Waals surface area contributed by atoms with Crippen molar-refractivity contribution in [2.75, 3.05) is 12.9 Å². The molecule has 60 valence electrons. The van der Waals surface area contributed by atoms with Crippen LogP contribution in [-0.2, 0) is 4.74 Å². The molecule has 0 unspecified atom stereocenters. The molecule has 0 aliphatic heterocycles. The van der Waals surface area contributed by atoms with Crippen LogP contribution in [0.15, 0.2) is 0 Å². The molecule has 0 aromatic carbocycles. The summed E-state index contributed by atoms with van der Waals surface area (Å²) in [6, 6.07) is 0.367. The topological polar surface area (TPSA) is 35.2 Å². The highest BCUT2D eigenvalue weighted by Gasteiger charge is 2.38. The molecule has 0 amide bonds. The Balaban J connectivity index is 2.23. The van der Waals surface area contributed by atoms with Crippen LogP contribution in [0.25, 0.3) is 0 Å². The molecule has 3 atom stereocenters. The number of hydrogen-bond acceptors (Lipinski definition) is 3. The van der Waals surface area contributed by atoms with Crippen LogP contribution in [0.3, 0.4) is 0 Å². The van der Waals surface area contributed by atoms with Crippen molar-refractivity contribution in [1.82, 2.24) is 0 Å². The fraction of sp³-hybridized carbons (Fsp3) is 1.00. The smallest absolute Gasteiger partial charge is 0.0723 e. The van der Waals surface area contributed by atoms with Crippen LogP contribution in [0, 0.1) is 0 Å². The summed E-state index contributed by atoms with van der Waals surface area (Å²) in [6.45, 7) is 2.84. The third kappa shape index (κ3) is 1.47. The summed E-state index contributed by atoms with van der Waals surface area (Å²) < 4.78 is 5.45. The lowest BCUT2D eigenvalue weighted by Gasteiger charge is -2.40. The normalized spacial score (nSPS) is 39.3. The Morgan fingerprint density at radius 3 is 2.80 bits per heavy atom. The van der Waals surface area contributed by atoms with Crippen LogP contribution in [0.5, 0.6) is 0 Å². The molecular formula is C7H15NOS. The Kier molecular flexibility index (Phi) is 3.01. The molecule has 1 aliphatic carbocycles. The zero-order valence-electron chi connectivity index (χ0n) is 6.54. The summed E-state index contributed by atoms with van der Waals surface area (Å²) in [7, 11) is 0. The first-order valence-corrected chi connectivity index (χ1v) is 4.98. The highest BCUT2D eigenvalue weighted by atomic mass is 32.2. The monoisotopic (exact) mass is 161 g/mol. The van der Waals surface area contributed by atoms with E-state index in [4.69, 9.17) is 10.5 Å². The van der Waals surface area contributed by atoms with Crippen molar-refractivity contribution >= 4 is 11.8 Å². The van der Waals surface area contributed by atoms with Gasteiger partial charge in [0.1, 0.15) is 0 Å². The van der Waals surface area contributed by atoms with Gasteiger partial charge in [-0.2, -0.15) is 11.8 Å². The predicted octanol–water partition coefficient (Wildman–Crippen LogP) is 0.854. The summed E-state index contributed by atoms with van der Waals surface area (Å²) in [5.74, 6) is 0. The van der Waals surface area contributed by atoms with E-state index >= 15 is 0 Å². The molecule has 2 N–H and O–H groups in total. The standard InChI is InChI=1S/C7H15NOS/c1-3-9-6-4-5(8)7(6)10-2/h5-7H,3-4,8H2,1-2H3/t5-,6-,7-/m1/s1. The molecule has 1 rings (SSSR count). The molecule has 0 aromatic heterocycles. The third-order valence-corrected chi connectivity index (χ3v) is 3.14. The van der Waals surface area contributed by atoms with Gasteiger partial charge in [0.2, 0.25) is 0 Å². The van der Waals surface area contributed by atoms with E-state index in [2.05, 4.69) is 6.26 Å². The van der Waals surface area contributed by atoms with Crippen LogP contribution in [0.1, 0.15) is 13.3 Å². The van der Waals surface area contributed by atoms with E-state index in [1.54, 1.807) is 0 Å².